The fourth-order valence-corrected chi connectivity index (χ4v) is 1.31. The third-order valence-corrected chi connectivity index (χ3v) is 2.06. The maximum Gasteiger partial charge on any atom is 0.347 e. The van der Waals surface area contributed by atoms with Crippen LogP contribution >= 0.6 is 0 Å². The van der Waals surface area contributed by atoms with Crippen molar-refractivity contribution < 1.29 is 14.5 Å². The minimum Gasteiger partial charge on any atom is -0.479 e. The van der Waals surface area contributed by atoms with Crippen LogP contribution in [-0.4, -0.2) is 60.7 Å². The van der Waals surface area contributed by atoms with E-state index in [0.29, 0.717) is 0 Å². The molecule has 1 atom stereocenters. The molecule has 0 saturated carbocycles. The maximum absolute atomic E-state index is 11.0. The standard InChI is InChI=1S/C10H21N3O2/c1-7(2)8(9(14)15)11-10(12(3)4)13(5)6/h7-8H,1-6H3,(H,14,15)/p+1/t8-/m0/s1. The van der Waals surface area contributed by atoms with Crippen LogP contribution in [0.25, 0.3) is 0 Å². The monoisotopic (exact) mass is 216 g/mol. The second kappa shape index (κ2) is 5.58. The Hall–Kier alpha value is -1.26. The highest BCUT2D eigenvalue weighted by molar-refractivity contribution is 5.82. The van der Waals surface area contributed by atoms with E-state index in [1.165, 1.54) is 0 Å². The van der Waals surface area contributed by atoms with Crippen molar-refractivity contribution in [3.8, 4) is 0 Å². The number of rotatable bonds is 3. The van der Waals surface area contributed by atoms with E-state index in [4.69, 9.17) is 5.11 Å². The van der Waals surface area contributed by atoms with Crippen LogP contribution in [-0.2, 0) is 4.79 Å². The zero-order chi connectivity index (χ0) is 12.2. The summed E-state index contributed by atoms with van der Waals surface area (Å²) >= 11 is 0. The molecular formula is C10H22N3O2+. The molecule has 0 spiro atoms. The van der Waals surface area contributed by atoms with E-state index in [1.807, 2.05) is 51.5 Å². The number of carboxylic acids is 1. The van der Waals surface area contributed by atoms with E-state index in [2.05, 4.69) is 5.32 Å². The summed E-state index contributed by atoms with van der Waals surface area (Å²) in [5.74, 6) is -0.000278. The minimum absolute atomic E-state index is 0.0393. The van der Waals surface area contributed by atoms with Crippen LogP contribution in [0.4, 0.5) is 0 Å². The Morgan fingerprint density at radius 1 is 1.33 bits per heavy atom. The van der Waals surface area contributed by atoms with E-state index in [0.717, 1.165) is 5.96 Å². The van der Waals surface area contributed by atoms with Crippen LogP contribution in [0, 0.1) is 5.92 Å². The van der Waals surface area contributed by atoms with Gasteiger partial charge in [-0.2, -0.15) is 0 Å². The number of carboxylic acid groups (broad SMARTS) is 1. The quantitative estimate of drug-likeness (QED) is 0.392. The fraction of sp³-hybridized carbons (Fsp3) is 0.800. The van der Waals surface area contributed by atoms with Gasteiger partial charge in [-0.15, -0.1) is 0 Å². The van der Waals surface area contributed by atoms with Gasteiger partial charge < -0.3 is 5.11 Å². The predicted octanol–water partition coefficient (Wildman–Crippen LogP) is -0.125. The first kappa shape index (κ1) is 13.7. The van der Waals surface area contributed by atoms with Crippen molar-refractivity contribution in [3.05, 3.63) is 0 Å². The molecule has 0 aromatic carbocycles. The Morgan fingerprint density at radius 3 is 2.00 bits per heavy atom. The number of guanidine groups is 1. The third-order valence-electron chi connectivity index (χ3n) is 2.06. The normalized spacial score (nSPS) is 12.2. The highest BCUT2D eigenvalue weighted by Crippen LogP contribution is 2.01. The molecule has 0 rings (SSSR count). The number of nitrogens with zero attached hydrogens (tertiary/aromatic N) is 2. The average molecular weight is 216 g/mol. The average Bonchev–Trinajstić information content (AvgIpc) is 2.01. The maximum atomic E-state index is 11.0. The van der Waals surface area contributed by atoms with Crippen molar-refractivity contribution in [2.24, 2.45) is 5.92 Å². The van der Waals surface area contributed by atoms with Crippen molar-refractivity contribution in [1.29, 1.82) is 0 Å². The number of nitrogens with one attached hydrogen (secondary N) is 1. The Balaban J connectivity index is 4.80. The van der Waals surface area contributed by atoms with Crippen molar-refractivity contribution in [2.45, 2.75) is 19.9 Å². The Bertz CT molecular complexity index is 255. The number of hydrogen-bond acceptors (Lipinski definition) is 1. The van der Waals surface area contributed by atoms with Crippen molar-refractivity contribution in [3.63, 3.8) is 0 Å². The van der Waals surface area contributed by atoms with Gasteiger partial charge in [0.15, 0.2) is 6.04 Å². The van der Waals surface area contributed by atoms with E-state index < -0.39 is 12.0 Å². The Morgan fingerprint density at radius 2 is 1.80 bits per heavy atom. The van der Waals surface area contributed by atoms with Gasteiger partial charge in [0.1, 0.15) is 0 Å². The molecular weight excluding hydrogens is 194 g/mol. The van der Waals surface area contributed by atoms with E-state index in [1.54, 1.807) is 0 Å². The highest BCUT2D eigenvalue weighted by Gasteiger charge is 2.28. The lowest BCUT2D eigenvalue weighted by Crippen LogP contribution is -2.51. The first-order valence-electron chi connectivity index (χ1n) is 4.98. The molecule has 0 bridgehead atoms. The fourth-order valence-electron chi connectivity index (χ4n) is 1.31. The molecule has 0 radical (unpaired) electrons. The number of hydrogen-bond donors (Lipinski definition) is 2. The minimum atomic E-state index is -0.828. The summed E-state index contributed by atoms with van der Waals surface area (Å²) in [6.07, 6.45) is 0. The molecule has 0 aromatic heterocycles. The molecule has 0 heterocycles. The zero-order valence-electron chi connectivity index (χ0n) is 10.4. The molecule has 0 unspecified atom stereocenters. The topological polar surface area (TPSA) is 55.6 Å². The van der Waals surface area contributed by atoms with Gasteiger partial charge in [0.25, 0.3) is 0 Å². The predicted molar refractivity (Wildman–Crippen MR) is 60.2 cm³/mol. The highest BCUT2D eigenvalue weighted by atomic mass is 16.4. The van der Waals surface area contributed by atoms with Crippen LogP contribution in [0.15, 0.2) is 0 Å². The van der Waals surface area contributed by atoms with E-state index in [-0.39, 0.29) is 5.92 Å². The summed E-state index contributed by atoms with van der Waals surface area (Å²) in [4.78, 5) is 12.9. The van der Waals surface area contributed by atoms with Crippen LogP contribution in [0.2, 0.25) is 0 Å². The smallest absolute Gasteiger partial charge is 0.347 e. The molecule has 0 aromatic rings. The Labute approximate surface area is 91.4 Å². The molecule has 0 aliphatic heterocycles. The molecule has 0 fully saturated rings. The Kier molecular flexibility index (Phi) is 5.11. The van der Waals surface area contributed by atoms with Gasteiger partial charge >= 0.3 is 11.9 Å². The number of carbonyl (C=O) groups is 1. The van der Waals surface area contributed by atoms with E-state index >= 15 is 0 Å². The van der Waals surface area contributed by atoms with Gasteiger partial charge in [-0.25, -0.2) is 4.79 Å². The van der Waals surface area contributed by atoms with Gasteiger partial charge in [-0.1, -0.05) is 13.8 Å². The van der Waals surface area contributed by atoms with Gasteiger partial charge in [-0.3, -0.25) is 14.8 Å². The third kappa shape index (κ3) is 4.18. The molecule has 0 aliphatic carbocycles. The van der Waals surface area contributed by atoms with Crippen molar-refractivity contribution >= 4 is 11.9 Å². The van der Waals surface area contributed by atoms with Gasteiger partial charge in [-0.05, 0) is 5.92 Å². The number of aliphatic carboxylic acids is 1. The molecule has 15 heavy (non-hydrogen) atoms. The SMILES string of the molecule is CC(C)[C@H](NC(N(C)C)=[N+](C)C)C(=O)O. The lowest BCUT2D eigenvalue weighted by Gasteiger charge is -2.19. The summed E-state index contributed by atoms with van der Waals surface area (Å²) < 4.78 is 1.86. The molecule has 2 N–H and O–H groups in total. The van der Waals surface area contributed by atoms with Gasteiger partial charge in [0.2, 0.25) is 0 Å². The second-order valence-electron chi connectivity index (χ2n) is 4.32. The van der Waals surface area contributed by atoms with Gasteiger partial charge in [0.05, 0.1) is 28.2 Å². The summed E-state index contributed by atoms with van der Waals surface area (Å²) in [5, 5.41) is 12.1. The van der Waals surface area contributed by atoms with Crippen LogP contribution in [0.1, 0.15) is 13.8 Å². The molecule has 0 saturated heterocycles. The lowest BCUT2D eigenvalue weighted by atomic mass is 10.1. The molecule has 0 amide bonds. The zero-order valence-corrected chi connectivity index (χ0v) is 10.4. The second-order valence-corrected chi connectivity index (χ2v) is 4.32. The van der Waals surface area contributed by atoms with Crippen LogP contribution in [0.3, 0.4) is 0 Å². The first-order valence-corrected chi connectivity index (χ1v) is 4.98. The summed E-state index contributed by atoms with van der Waals surface area (Å²) in [7, 11) is 7.51. The molecule has 5 nitrogen and oxygen atoms in total. The van der Waals surface area contributed by atoms with E-state index in [9.17, 15) is 4.79 Å². The lowest BCUT2D eigenvalue weighted by molar-refractivity contribution is -0.472. The van der Waals surface area contributed by atoms with Gasteiger partial charge in [0, 0.05) is 0 Å². The van der Waals surface area contributed by atoms with Crippen LogP contribution < -0.4 is 5.32 Å². The molecule has 88 valence electrons. The summed E-state index contributed by atoms with van der Waals surface area (Å²) in [6.45, 7) is 3.77. The van der Waals surface area contributed by atoms with Crippen LogP contribution in [0.5, 0.6) is 0 Å². The molecule has 0 aliphatic rings. The molecule has 5 heteroatoms. The van der Waals surface area contributed by atoms with Crippen molar-refractivity contribution in [2.75, 3.05) is 28.2 Å². The summed E-state index contributed by atoms with van der Waals surface area (Å²) in [5.41, 5.74) is 0. The first-order chi connectivity index (χ1) is 6.77. The largest absolute Gasteiger partial charge is 0.479 e. The van der Waals surface area contributed by atoms with Crippen molar-refractivity contribution in [1.82, 2.24) is 10.2 Å². The summed E-state index contributed by atoms with van der Waals surface area (Å²) in [6, 6.07) is -0.565.